The van der Waals surface area contributed by atoms with Gasteiger partial charge in [0.15, 0.2) is 5.65 Å². The molecule has 0 bridgehead atoms. The maximum absolute atomic E-state index is 8.70. The molecule has 0 aliphatic rings. The Labute approximate surface area is 101 Å². The first-order valence-electron chi connectivity index (χ1n) is 5.95. The van der Waals surface area contributed by atoms with Gasteiger partial charge in [0.2, 0.25) is 0 Å². The van der Waals surface area contributed by atoms with Crippen LogP contribution in [0.25, 0.3) is 11.2 Å². The normalized spacial score (nSPS) is 10.6. The number of hydrogen-bond donors (Lipinski definition) is 0. The summed E-state index contributed by atoms with van der Waals surface area (Å²) in [6.45, 7) is 4.82. The minimum absolute atomic E-state index is 0.498. The van der Waals surface area contributed by atoms with E-state index in [-0.39, 0.29) is 0 Å². The average Bonchev–Trinajstić information content (AvgIpc) is 2.63. The van der Waals surface area contributed by atoms with E-state index >= 15 is 0 Å². The molecule has 0 aromatic carbocycles. The van der Waals surface area contributed by atoms with Crippen LogP contribution in [-0.4, -0.2) is 14.5 Å². The lowest BCUT2D eigenvalue weighted by Crippen LogP contribution is -2.04. The monoisotopic (exact) mass is 228 g/mol. The molecule has 88 valence electrons. The molecule has 0 amide bonds. The summed E-state index contributed by atoms with van der Waals surface area (Å²) in [5, 5.41) is 8.70. The molecule has 2 aromatic rings. The van der Waals surface area contributed by atoms with Gasteiger partial charge in [0.1, 0.15) is 11.3 Å². The molecule has 0 aliphatic heterocycles. The molecule has 17 heavy (non-hydrogen) atoms. The number of aromatic nitrogens is 3. The van der Waals surface area contributed by atoms with Gasteiger partial charge in [0.25, 0.3) is 0 Å². The van der Waals surface area contributed by atoms with E-state index in [0.717, 1.165) is 35.4 Å². The first kappa shape index (κ1) is 11.6. The summed E-state index contributed by atoms with van der Waals surface area (Å²) in [5.74, 6) is 1.04. The molecular weight excluding hydrogens is 212 g/mol. The number of pyridine rings is 1. The van der Waals surface area contributed by atoms with E-state index in [1.807, 2.05) is 19.2 Å². The minimum atomic E-state index is 0.498. The summed E-state index contributed by atoms with van der Waals surface area (Å²) in [7, 11) is 0. The van der Waals surface area contributed by atoms with Crippen molar-refractivity contribution < 1.29 is 0 Å². The Kier molecular flexibility index (Phi) is 3.38. The average molecular weight is 228 g/mol. The molecule has 0 saturated heterocycles. The van der Waals surface area contributed by atoms with Crippen LogP contribution >= 0.6 is 0 Å². The van der Waals surface area contributed by atoms with Crippen molar-refractivity contribution in [3.8, 4) is 6.07 Å². The number of nitrogens with zero attached hydrogens (tertiary/aromatic N) is 4. The fraction of sp³-hybridized carbons (Fsp3) is 0.462. The van der Waals surface area contributed by atoms with Gasteiger partial charge in [-0.2, -0.15) is 5.26 Å². The molecule has 2 rings (SSSR count). The van der Waals surface area contributed by atoms with Crippen LogP contribution in [0.4, 0.5) is 0 Å². The number of hydrogen-bond acceptors (Lipinski definition) is 3. The van der Waals surface area contributed by atoms with Gasteiger partial charge in [-0.3, -0.25) is 0 Å². The van der Waals surface area contributed by atoms with Crippen LogP contribution in [0.15, 0.2) is 12.3 Å². The van der Waals surface area contributed by atoms with Crippen LogP contribution in [0.3, 0.4) is 0 Å². The molecule has 0 aliphatic carbocycles. The molecule has 0 atom stereocenters. The van der Waals surface area contributed by atoms with E-state index in [1.165, 1.54) is 0 Å². The van der Waals surface area contributed by atoms with Gasteiger partial charge in [-0.25, -0.2) is 9.97 Å². The van der Waals surface area contributed by atoms with Crippen molar-refractivity contribution in [1.29, 1.82) is 5.26 Å². The molecule has 0 radical (unpaired) electrons. The summed E-state index contributed by atoms with van der Waals surface area (Å²) in [4.78, 5) is 9.03. The van der Waals surface area contributed by atoms with E-state index in [1.54, 1.807) is 0 Å². The molecule has 4 heteroatoms. The van der Waals surface area contributed by atoms with Crippen molar-refractivity contribution in [2.45, 2.75) is 39.7 Å². The van der Waals surface area contributed by atoms with Crippen molar-refractivity contribution in [3.05, 3.63) is 23.7 Å². The Morgan fingerprint density at radius 1 is 1.47 bits per heavy atom. The van der Waals surface area contributed by atoms with E-state index in [4.69, 9.17) is 5.26 Å². The van der Waals surface area contributed by atoms with Gasteiger partial charge < -0.3 is 4.57 Å². The first-order chi connectivity index (χ1) is 8.26. The summed E-state index contributed by atoms with van der Waals surface area (Å²) in [6.07, 6.45) is 4.33. The molecule has 4 nitrogen and oxygen atoms in total. The Morgan fingerprint density at radius 2 is 2.29 bits per heavy atom. The van der Waals surface area contributed by atoms with Crippen LogP contribution in [-0.2, 0) is 13.0 Å². The molecule has 0 N–H and O–H groups in total. The third-order valence-electron chi connectivity index (χ3n) is 2.72. The highest BCUT2D eigenvalue weighted by Crippen LogP contribution is 2.16. The second-order valence-corrected chi connectivity index (χ2v) is 4.19. The Hall–Kier alpha value is -1.89. The lowest BCUT2D eigenvalue weighted by molar-refractivity contribution is 0.666. The highest BCUT2D eigenvalue weighted by atomic mass is 15.1. The number of aryl methyl sites for hydroxylation is 3. The molecule has 0 saturated carbocycles. The maximum atomic E-state index is 8.70. The molecule has 2 aromatic heterocycles. The third kappa shape index (κ3) is 2.28. The van der Waals surface area contributed by atoms with Crippen LogP contribution in [0.1, 0.15) is 31.2 Å². The topological polar surface area (TPSA) is 54.5 Å². The molecule has 2 heterocycles. The van der Waals surface area contributed by atoms with Crippen molar-refractivity contribution in [2.24, 2.45) is 0 Å². The third-order valence-corrected chi connectivity index (χ3v) is 2.72. The fourth-order valence-corrected chi connectivity index (χ4v) is 1.97. The lowest BCUT2D eigenvalue weighted by Gasteiger charge is -2.04. The van der Waals surface area contributed by atoms with Crippen LogP contribution in [0, 0.1) is 18.3 Å². The van der Waals surface area contributed by atoms with Gasteiger partial charge in [0, 0.05) is 19.2 Å². The SMILES string of the molecule is CCCc1nc2cc(C)cnc2n1CCC#N. The van der Waals surface area contributed by atoms with Crippen LogP contribution in [0.5, 0.6) is 0 Å². The largest absolute Gasteiger partial charge is 0.312 e. The number of rotatable bonds is 4. The summed E-state index contributed by atoms with van der Waals surface area (Å²) < 4.78 is 2.07. The van der Waals surface area contributed by atoms with Crippen LogP contribution in [0.2, 0.25) is 0 Å². The molecule has 0 unspecified atom stereocenters. The first-order valence-corrected chi connectivity index (χ1v) is 5.95. The zero-order valence-electron chi connectivity index (χ0n) is 10.3. The summed E-state index contributed by atoms with van der Waals surface area (Å²) in [6, 6.07) is 4.22. The zero-order chi connectivity index (χ0) is 12.3. The standard InChI is InChI=1S/C13H16N4/c1-3-5-12-16-11-8-10(2)9-15-13(11)17(12)7-4-6-14/h8-9H,3-5,7H2,1-2H3. The van der Waals surface area contributed by atoms with Gasteiger partial charge in [-0.1, -0.05) is 6.92 Å². The maximum Gasteiger partial charge on any atom is 0.160 e. The predicted octanol–water partition coefficient (Wildman–Crippen LogP) is 2.61. The van der Waals surface area contributed by atoms with Gasteiger partial charge >= 0.3 is 0 Å². The molecular formula is C13H16N4. The van der Waals surface area contributed by atoms with Crippen molar-refractivity contribution >= 4 is 11.2 Å². The molecule has 0 fully saturated rings. The Morgan fingerprint density at radius 3 is 3.00 bits per heavy atom. The second kappa shape index (κ2) is 4.96. The number of nitriles is 1. The van der Waals surface area contributed by atoms with Gasteiger partial charge in [0.05, 0.1) is 12.5 Å². The van der Waals surface area contributed by atoms with Crippen molar-refractivity contribution in [1.82, 2.24) is 14.5 Å². The lowest BCUT2D eigenvalue weighted by atomic mass is 10.3. The van der Waals surface area contributed by atoms with E-state index in [9.17, 15) is 0 Å². The Bertz CT molecular complexity index is 563. The highest BCUT2D eigenvalue weighted by Gasteiger charge is 2.10. The Balaban J connectivity index is 2.51. The summed E-state index contributed by atoms with van der Waals surface area (Å²) >= 11 is 0. The van der Waals surface area contributed by atoms with Crippen molar-refractivity contribution in [2.75, 3.05) is 0 Å². The number of imidazole rings is 1. The smallest absolute Gasteiger partial charge is 0.160 e. The van der Waals surface area contributed by atoms with E-state index < -0.39 is 0 Å². The minimum Gasteiger partial charge on any atom is -0.312 e. The van der Waals surface area contributed by atoms with Crippen LogP contribution < -0.4 is 0 Å². The van der Waals surface area contributed by atoms with Gasteiger partial charge in [-0.05, 0) is 25.0 Å². The molecule has 0 spiro atoms. The van der Waals surface area contributed by atoms with Crippen molar-refractivity contribution in [3.63, 3.8) is 0 Å². The quantitative estimate of drug-likeness (QED) is 0.808. The summed E-state index contributed by atoms with van der Waals surface area (Å²) in [5.41, 5.74) is 2.95. The van der Waals surface area contributed by atoms with E-state index in [0.29, 0.717) is 13.0 Å². The van der Waals surface area contributed by atoms with Gasteiger partial charge in [-0.15, -0.1) is 0 Å². The number of fused-ring (bicyclic) bond motifs is 1. The van der Waals surface area contributed by atoms with E-state index in [2.05, 4.69) is 27.5 Å². The highest BCUT2D eigenvalue weighted by molar-refractivity contribution is 5.72. The fourth-order valence-electron chi connectivity index (χ4n) is 1.97. The second-order valence-electron chi connectivity index (χ2n) is 4.19. The predicted molar refractivity (Wildman–Crippen MR) is 66.5 cm³/mol. The zero-order valence-corrected chi connectivity index (χ0v) is 10.3.